The van der Waals surface area contributed by atoms with Crippen molar-refractivity contribution < 1.29 is 14.3 Å². The van der Waals surface area contributed by atoms with Crippen molar-refractivity contribution in [3.63, 3.8) is 0 Å². The molecule has 42 heavy (non-hydrogen) atoms. The number of nitrogens with zero attached hydrogens (tertiary/aromatic N) is 5. The maximum atomic E-state index is 13.4. The summed E-state index contributed by atoms with van der Waals surface area (Å²) in [6.07, 6.45) is 1.70. The Morgan fingerprint density at radius 1 is 1.02 bits per heavy atom. The lowest BCUT2D eigenvalue weighted by Crippen LogP contribution is -2.29. The third kappa shape index (κ3) is 6.93. The van der Waals surface area contributed by atoms with E-state index in [-0.39, 0.29) is 30.5 Å². The smallest absolute Gasteiger partial charge is 0.308 e. The lowest BCUT2D eigenvalue weighted by atomic mass is 10.1. The summed E-state index contributed by atoms with van der Waals surface area (Å²) in [6.45, 7) is 5.56. The van der Waals surface area contributed by atoms with Crippen molar-refractivity contribution in [1.29, 1.82) is 0 Å². The molecule has 2 aromatic carbocycles. The van der Waals surface area contributed by atoms with Gasteiger partial charge in [-0.25, -0.2) is 9.97 Å². The largest absolute Gasteiger partial charge is 0.460 e. The first-order valence-corrected chi connectivity index (χ1v) is 14.7. The summed E-state index contributed by atoms with van der Waals surface area (Å²) in [6, 6.07) is 16.3. The van der Waals surface area contributed by atoms with E-state index in [0.717, 1.165) is 11.1 Å². The molecule has 11 nitrogen and oxygen atoms in total. The second kappa shape index (κ2) is 12.4. The molecule has 13 heteroatoms. The van der Waals surface area contributed by atoms with Crippen LogP contribution in [0.25, 0.3) is 27.6 Å². The average molecular weight is 602 g/mol. The monoisotopic (exact) mass is 601 g/mol. The van der Waals surface area contributed by atoms with E-state index in [0.29, 0.717) is 27.2 Å². The quantitative estimate of drug-likeness (QED) is 0.150. The Balaban J connectivity index is 1.32. The molecule has 3 aromatic heterocycles. The Kier molecular flexibility index (Phi) is 8.50. The van der Waals surface area contributed by atoms with Gasteiger partial charge >= 0.3 is 11.5 Å². The third-order valence-corrected chi connectivity index (χ3v) is 7.23. The van der Waals surface area contributed by atoms with Gasteiger partial charge in [-0.15, -0.1) is 32.9 Å². The van der Waals surface area contributed by atoms with Gasteiger partial charge in [-0.1, -0.05) is 42.5 Å². The van der Waals surface area contributed by atoms with Crippen molar-refractivity contribution in [2.45, 2.75) is 32.8 Å². The highest BCUT2D eigenvalue weighted by molar-refractivity contribution is 7.13. The SMILES string of the molecule is CC(C)(C)OC(=O)CCNC(=O)c1ccc(-c2csc(-n3[nH]c(-c4ccccc4)c(N=Nc4nccs4)c3=O)n2)cc1. The van der Waals surface area contributed by atoms with Crippen LogP contribution in [0.1, 0.15) is 37.6 Å². The number of rotatable bonds is 9. The van der Waals surface area contributed by atoms with Crippen molar-refractivity contribution in [3.05, 3.63) is 87.5 Å². The van der Waals surface area contributed by atoms with Gasteiger partial charge in [0.1, 0.15) is 5.60 Å². The van der Waals surface area contributed by atoms with Crippen LogP contribution in [0.15, 0.2) is 86.6 Å². The number of thiazole rings is 2. The average Bonchev–Trinajstić information content (AvgIpc) is 3.72. The molecule has 0 radical (unpaired) electrons. The molecular weight excluding hydrogens is 574 g/mol. The highest BCUT2D eigenvalue weighted by Gasteiger charge is 2.20. The van der Waals surface area contributed by atoms with E-state index >= 15 is 0 Å². The van der Waals surface area contributed by atoms with Crippen LogP contribution < -0.4 is 10.9 Å². The molecule has 5 rings (SSSR count). The van der Waals surface area contributed by atoms with Crippen molar-refractivity contribution in [2.75, 3.05) is 6.54 Å². The van der Waals surface area contributed by atoms with E-state index in [9.17, 15) is 14.4 Å². The highest BCUT2D eigenvalue weighted by Crippen LogP contribution is 2.30. The van der Waals surface area contributed by atoms with Crippen LogP contribution in [-0.2, 0) is 9.53 Å². The van der Waals surface area contributed by atoms with E-state index in [1.54, 1.807) is 56.6 Å². The van der Waals surface area contributed by atoms with Crippen molar-refractivity contribution in [3.8, 4) is 27.6 Å². The first-order valence-electron chi connectivity index (χ1n) is 13.0. The van der Waals surface area contributed by atoms with Crippen molar-refractivity contribution >= 4 is 45.4 Å². The van der Waals surface area contributed by atoms with Crippen LogP contribution in [0.4, 0.5) is 10.8 Å². The Hall–Kier alpha value is -4.75. The van der Waals surface area contributed by atoms with Gasteiger partial charge in [-0.2, -0.15) is 4.68 Å². The third-order valence-electron chi connectivity index (χ3n) is 5.74. The zero-order chi connectivity index (χ0) is 29.7. The lowest BCUT2D eigenvalue weighted by Gasteiger charge is -2.19. The number of hydrogen-bond acceptors (Lipinski definition) is 10. The van der Waals surface area contributed by atoms with Gasteiger partial charge in [0.05, 0.1) is 17.8 Å². The number of azo groups is 1. The molecule has 0 aliphatic carbocycles. The molecule has 0 fully saturated rings. The molecule has 0 unspecified atom stereocenters. The number of nitrogens with one attached hydrogen (secondary N) is 2. The number of carbonyl (C=O) groups is 2. The van der Waals surface area contributed by atoms with Gasteiger partial charge in [-0.3, -0.25) is 19.5 Å². The Morgan fingerprint density at radius 2 is 1.79 bits per heavy atom. The number of esters is 1. The minimum atomic E-state index is -0.569. The number of amides is 1. The van der Waals surface area contributed by atoms with Gasteiger partial charge in [-0.05, 0) is 32.9 Å². The van der Waals surface area contributed by atoms with Crippen LogP contribution in [0, 0.1) is 0 Å². The van der Waals surface area contributed by atoms with Gasteiger partial charge < -0.3 is 10.1 Å². The fraction of sp³-hybridized carbons (Fsp3) is 0.207. The van der Waals surface area contributed by atoms with Crippen molar-refractivity contribution in [2.24, 2.45) is 10.2 Å². The normalized spacial score (nSPS) is 11.6. The first kappa shape index (κ1) is 28.8. The van der Waals surface area contributed by atoms with Crippen LogP contribution in [0.3, 0.4) is 0 Å². The summed E-state index contributed by atoms with van der Waals surface area (Å²) < 4.78 is 6.60. The summed E-state index contributed by atoms with van der Waals surface area (Å²) in [5.41, 5.74) is 2.33. The second-order valence-electron chi connectivity index (χ2n) is 10.0. The van der Waals surface area contributed by atoms with E-state index in [1.807, 2.05) is 35.7 Å². The summed E-state index contributed by atoms with van der Waals surface area (Å²) in [5.74, 6) is -0.667. The predicted octanol–water partition coefficient (Wildman–Crippen LogP) is 6.29. The molecule has 5 aromatic rings. The molecule has 2 N–H and O–H groups in total. The number of hydrogen-bond donors (Lipinski definition) is 2. The van der Waals surface area contributed by atoms with E-state index in [1.165, 1.54) is 27.4 Å². The minimum Gasteiger partial charge on any atom is -0.460 e. The molecule has 0 bridgehead atoms. The molecule has 0 saturated heterocycles. The molecule has 0 aliphatic heterocycles. The molecule has 0 aliphatic rings. The number of carbonyl (C=O) groups excluding carboxylic acids is 2. The number of aromatic amines is 1. The second-order valence-corrected chi connectivity index (χ2v) is 11.8. The predicted molar refractivity (Wildman–Crippen MR) is 162 cm³/mol. The zero-order valence-corrected chi connectivity index (χ0v) is 24.7. The summed E-state index contributed by atoms with van der Waals surface area (Å²) in [4.78, 5) is 46.6. The fourth-order valence-corrected chi connectivity index (χ4v) is 5.13. The first-order chi connectivity index (χ1) is 20.2. The lowest BCUT2D eigenvalue weighted by molar-refractivity contribution is -0.154. The molecule has 0 spiro atoms. The summed E-state index contributed by atoms with van der Waals surface area (Å²) in [7, 11) is 0. The van der Waals surface area contributed by atoms with Gasteiger partial charge in [0.2, 0.25) is 10.3 Å². The Labute approximate surface area is 249 Å². The molecular formula is C29H27N7O4S2. The van der Waals surface area contributed by atoms with E-state index in [4.69, 9.17) is 4.74 Å². The topological polar surface area (TPSA) is 144 Å². The van der Waals surface area contributed by atoms with Crippen LogP contribution in [0.5, 0.6) is 0 Å². The number of ether oxygens (including phenoxy) is 1. The Morgan fingerprint density at radius 3 is 2.48 bits per heavy atom. The van der Waals surface area contributed by atoms with Gasteiger partial charge in [0, 0.05) is 40.2 Å². The number of aromatic nitrogens is 4. The van der Waals surface area contributed by atoms with Gasteiger partial charge in [0.25, 0.3) is 5.91 Å². The van der Waals surface area contributed by atoms with Crippen molar-refractivity contribution in [1.82, 2.24) is 25.1 Å². The van der Waals surface area contributed by atoms with Gasteiger partial charge in [0.15, 0.2) is 5.69 Å². The number of H-pyrrole nitrogens is 1. The minimum absolute atomic E-state index is 0.0841. The van der Waals surface area contributed by atoms with E-state index in [2.05, 4.69) is 30.6 Å². The Bertz CT molecular complexity index is 1760. The molecule has 3 heterocycles. The summed E-state index contributed by atoms with van der Waals surface area (Å²) in [5, 5.41) is 18.7. The van der Waals surface area contributed by atoms with Crippen LogP contribution in [-0.4, -0.2) is 43.8 Å². The van der Waals surface area contributed by atoms with E-state index < -0.39 is 11.2 Å². The maximum absolute atomic E-state index is 13.4. The molecule has 1 amide bonds. The fourth-order valence-electron chi connectivity index (χ4n) is 3.88. The van der Waals surface area contributed by atoms with Crippen LogP contribution in [0.2, 0.25) is 0 Å². The highest BCUT2D eigenvalue weighted by atomic mass is 32.1. The molecule has 0 saturated carbocycles. The zero-order valence-electron chi connectivity index (χ0n) is 23.0. The molecule has 0 atom stereocenters. The molecule has 214 valence electrons. The van der Waals surface area contributed by atoms with Crippen LogP contribution >= 0.6 is 22.7 Å². The maximum Gasteiger partial charge on any atom is 0.308 e. The standard InChI is InChI=1S/C29H27N7O4S2/c1-29(2,3)40-22(37)13-14-30-25(38)20-11-9-18(10-12-20)21-17-42-28(32-21)36-26(39)24(33-34-27-31-15-16-41-27)23(35-36)19-7-5-4-6-8-19/h4-12,15-17,35H,13-14H2,1-3H3,(H,30,38). The number of benzene rings is 2. The summed E-state index contributed by atoms with van der Waals surface area (Å²) >= 11 is 2.61.